The van der Waals surface area contributed by atoms with Gasteiger partial charge in [0.2, 0.25) is 5.88 Å². The summed E-state index contributed by atoms with van der Waals surface area (Å²) in [4.78, 5) is 4.35. The van der Waals surface area contributed by atoms with Crippen LogP contribution in [0.15, 0.2) is 35.2 Å². The van der Waals surface area contributed by atoms with Gasteiger partial charge in [0.15, 0.2) is 9.84 Å². The molecule has 0 bridgehead atoms. The van der Waals surface area contributed by atoms with E-state index in [1.165, 1.54) is 30.3 Å². The lowest BCUT2D eigenvalue weighted by Crippen LogP contribution is -1.98. The zero-order chi connectivity index (χ0) is 15.6. The Kier molecular flexibility index (Phi) is 4.61. The van der Waals surface area contributed by atoms with Crippen LogP contribution in [-0.4, -0.2) is 26.7 Å². The zero-order valence-electron chi connectivity index (χ0n) is 11.2. The van der Waals surface area contributed by atoms with Crippen molar-refractivity contribution >= 4 is 38.9 Å². The molecule has 1 heterocycles. The molecule has 5 nitrogen and oxygen atoms in total. The Morgan fingerprint density at radius 2 is 1.76 bits per heavy atom. The molecule has 0 aliphatic rings. The first-order valence-corrected chi connectivity index (χ1v) is 8.48. The van der Waals surface area contributed by atoms with Gasteiger partial charge in [0.25, 0.3) is 0 Å². The number of ether oxygens (including phenoxy) is 1. The van der Waals surface area contributed by atoms with Crippen molar-refractivity contribution in [3.8, 4) is 11.6 Å². The molecule has 0 aliphatic heterocycles. The van der Waals surface area contributed by atoms with Crippen LogP contribution in [-0.2, 0) is 9.84 Å². The monoisotopic (exact) mass is 346 g/mol. The molecular formula is C13H12Cl2N2O3S. The Labute approximate surface area is 132 Å². The average molecular weight is 347 g/mol. The average Bonchev–Trinajstić information content (AvgIpc) is 2.41. The molecule has 1 aromatic heterocycles. The maximum atomic E-state index is 11.4. The van der Waals surface area contributed by atoms with Crippen LogP contribution < -0.4 is 10.1 Å². The Hall–Kier alpha value is -1.50. The molecule has 8 heteroatoms. The van der Waals surface area contributed by atoms with Crippen molar-refractivity contribution in [2.45, 2.75) is 4.90 Å². The van der Waals surface area contributed by atoms with E-state index in [0.29, 0.717) is 16.6 Å². The van der Waals surface area contributed by atoms with Crippen molar-refractivity contribution in [1.82, 2.24) is 4.98 Å². The fraction of sp³-hybridized carbons (Fsp3) is 0.154. The third-order valence-electron chi connectivity index (χ3n) is 2.60. The van der Waals surface area contributed by atoms with Gasteiger partial charge in [-0.25, -0.2) is 8.42 Å². The maximum Gasteiger partial charge on any atom is 0.240 e. The number of aromatic nitrogens is 1. The van der Waals surface area contributed by atoms with Gasteiger partial charge in [-0.1, -0.05) is 23.2 Å². The van der Waals surface area contributed by atoms with Crippen molar-refractivity contribution in [1.29, 1.82) is 0 Å². The van der Waals surface area contributed by atoms with E-state index in [-0.39, 0.29) is 15.8 Å². The smallest absolute Gasteiger partial charge is 0.240 e. The first-order chi connectivity index (χ1) is 9.81. The van der Waals surface area contributed by atoms with Gasteiger partial charge in [0, 0.05) is 13.3 Å². The van der Waals surface area contributed by atoms with Crippen LogP contribution in [0.1, 0.15) is 0 Å². The van der Waals surface area contributed by atoms with Crippen LogP contribution in [0.3, 0.4) is 0 Å². The number of sulfone groups is 1. The summed E-state index contributed by atoms with van der Waals surface area (Å²) in [6.07, 6.45) is 1.14. The lowest BCUT2D eigenvalue weighted by molar-refractivity contribution is 0.463. The van der Waals surface area contributed by atoms with Crippen LogP contribution in [0.4, 0.5) is 5.82 Å². The molecule has 1 N–H and O–H groups in total. The summed E-state index contributed by atoms with van der Waals surface area (Å²) in [6, 6.07) is 7.48. The van der Waals surface area contributed by atoms with Crippen molar-refractivity contribution in [3.63, 3.8) is 0 Å². The Morgan fingerprint density at radius 1 is 1.14 bits per heavy atom. The number of halogens is 2. The molecule has 0 saturated carbocycles. The summed E-state index contributed by atoms with van der Waals surface area (Å²) in [5.41, 5.74) is 0. The Balaban J connectivity index is 2.30. The van der Waals surface area contributed by atoms with Crippen LogP contribution in [0, 0.1) is 0 Å². The van der Waals surface area contributed by atoms with Gasteiger partial charge in [-0.15, -0.1) is 0 Å². The second kappa shape index (κ2) is 6.09. The fourth-order valence-corrected chi connectivity index (χ4v) is 2.69. The van der Waals surface area contributed by atoms with E-state index >= 15 is 0 Å². The van der Waals surface area contributed by atoms with Gasteiger partial charge in [0.1, 0.15) is 16.6 Å². The van der Waals surface area contributed by atoms with Gasteiger partial charge >= 0.3 is 0 Å². The number of nitrogens with zero attached hydrogens (tertiary/aromatic N) is 1. The predicted molar refractivity (Wildman–Crippen MR) is 83.4 cm³/mol. The highest BCUT2D eigenvalue weighted by Crippen LogP contribution is 2.33. The highest BCUT2D eigenvalue weighted by Gasteiger charge is 2.12. The van der Waals surface area contributed by atoms with E-state index in [1.807, 2.05) is 0 Å². The van der Waals surface area contributed by atoms with Crippen molar-refractivity contribution < 1.29 is 13.2 Å². The van der Waals surface area contributed by atoms with Crippen LogP contribution in [0.5, 0.6) is 11.6 Å². The third kappa shape index (κ3) is 3.78. The quantitative estimate of drug-likeness (QED) is 0.915. The summed E-state index contributed by atoms with van der Waals surface area (Å²) < 4.78 is 28.3. The molecule has 0 aliphatic carbocycles. The van der Waals surface area contributed by atoms with E-state index in [2.05, 4.69) is 10.3 Å². The number of nitrogens with one attached hydrogen (secondary N) is 1. The summed E-state index contributed by atoms with van der Waals surface area (Å²) in [7, 11) is -1.57. The lowest BCUT2D eigenvalue weighted by atomic mass is 10.3. The van der Waals surface area contributed by atoms with Crippen LogP contribution >= 0.6 is 23.2 Å². The van der Waals surface area contributed by atoms with Crippen LogP contribution in [0.25, 0.3) is 0 Å². The number of rotatable bonds is 4. The molecule has 0 fully saturated rings. The minimum Gasteiger partial charge on any atom is -0.437 e. The molecule has 0 spiro atoms. The number of hydrogen-bond acceptors (Lipinski definition) is 5. The molecule has 1 aromatic carbocycles. The molecule has 2 rings (SSSR count). The van der Waals surface area contributed by atoms with Gasteiger partial charge in [-0.3, -0.25) is 0 Å². The zero-order valence-corrected chi connectivity index (χ0v) is 13.6. The number of anilines is 1. The predicted octanol–water partition coefficient (Wildman–Crippen LogP) is 3.63. The van der Waals surface area contributed by atoms with E-state index in [4.69, 9.17) is 27.9 Å². The maximum absolute atomic E-state index is 11.4. The molecule has 0 unspecified atom stereocenters. The van der Waals surface area contributed by atoms with Crippen molar-refractivity contribution in [2.24, 2.45) is 0 Å². The first kappa shape index (κ1) is 15.9. The highest BCUT2D eigenvalue weighted by atomic mass is 35.5. The Morgan fingerprint density at radius 3 is 2.29 bits per heavy atom. The van der Waals surface area contributed by atoms with Gasteiger partial charge in [-0.05, 0) is 30.3 Å². The molecule has 0 radical (unpaired) electrons. The van der Waals surface area contributed by atoms with Crippen LogP contribution in [0.2, 0.25) is 10.0 Å². The summed E-state index contributed by atoms with van der Waals surface area (Å²) in [5, 5.41) is 3.45. The number of benzene rings is 1. The molecule has 21 heavy (non-hydrogen) atoms. The second-order valence-electron chi connectivity index (χ2n) is 4.20. The molecule has 112 valence electrons. The topological polar surface area (TPSA) is 68.3 Å². The molecule has 2 aromatic rings. The molecule has 0 saturated heterocycles. The number of hydrogen-bond donors (Lipinski definition) is 1. The summed E-state index contributed by atoms with van der Waals surface area (Å²) in [6.45, 7) is 0. The summed E-state index contributed by atoms with van der Waals surface area (Å²) >= 11 is 12.0. The van der Waals surface area contributed by atoms with Crippen molar-refractivity contribution in [3.05, 3.63) is 40.4 Å². The van der Waals surface area contributed by atoms with Crippen molar-refractivity contribution in [2.75, 3.05) is 18.6 Å². The van der Waals surface area contributed by atoms with Gasteiger partial charge < -0.3 is 10.1 Å². The second-order valence-corrected chi connectivity index (χ2v) is 7.03. The molecule has 0 atom stereocenters. The largest absolute Gasteiger partial charge is 0.437 e. The first-order valence-electron chi connectivity index (χ1n) is 5.83. The SMILES string of the molecule is CNc1nc(Oc2ccc(S(C)(=O)=O)cc2)c(Cl)cc1Cl. The van der Waals surface area contributed by atoms with E-state index in [9.17, 15) is 8.42 Å². The highest BCUT2D eigenvalue weighted by molar-refractivity contribution is 7.90. The minimum absolute atomic E-state index is 0.178. The molecule has 0 amide bonds. The van der Waals surface area contributed by atoms with E-state index in [1.54, 1.807) is 7.05 Å². The standard InChI is InChI=1S/C13H12Cl2N2O3S/c1-16-12-10(14)7-11(15)13(17-12)20-8-3-5-9(6-4-8)21(2,18)19/h3-7H,1-2H3,(H,16,17). The summed E-state index contributed by atoms with van der Waals surface area (Å²) in [5.74, 6) is 1.03. The third-order valence-corrected chi connectivity index (χ3v) is 4.29. The number of pyridine rings is 1. The van der Waals surface area contributed by atoms with Gasteiger partial charge in [0.05, 0.1) is 9.92 Å². The normalized spacial score (nSPS) is 11.2. The van der Waals surface area contributed by atoms with Gasteiger partial charge in [-0.2, -0.15) is 4.98 Å². The lowest BCUT2D eigenvalue weighted by Gasteiger charge is -2.10. The van der Waals surface area contributed by atoms with E-state index in [0.717, 1.165) is 6.26 Å². The Bertz CT molecular complexity index is 762. The molecular weight excluding hydrogens is 335 g/mol. The fourth-order valence-electron chi connectivity index (χ4n) is 1.56. The minimum atomic E-state index is -3.24. The van der Waals surface area contributed by atoms with E-state index < -0.39 is 9.84 Å².